The molecule has 3 aliphatic heterocycles. The van der Waals surface area contributed by atoms with Gasteiger partial charge in [-0.15, -0.1) is 0 Å². The summed E-state index contributed by atoms with van der Waals surface area (Å²) in [6.07, 6.45) is 11.7. The van der Waals surface area contributed by atoms with E-state index in [1.807, 2.05) is 13.0 Å². The maximum atomic E-state index is 12.9. The molecule has 0 aromatic heterocycles. The van der Waals surface area contributed by atoms with E-state index in [1.54, 1.807) is 26.0 Å². The Bertz CT molecular complexity index is 1560. The Balaban J connectivity index is 1.38. The van der Waals surface area contributed by atoms with E-state index in [1.165, 1.54) is 44.2 Å². The van der Waals surface area contributed by atoms with Gasteiger partial charge in [0.15, 0.2) is 0 Å². The van der Waals surface area contributed by atoms with Gasteiger partial charge in [0, 0.05) is 45.4 Å². The molecule has 0 amide bonds. The van der Waals surface area contributed by atoms with E-state index in [0.29, 0.717) is 5.57 Å². The van der Waals surface area contributed by atoms with Gasteiger partial charge in [-0.25, -0.2) is 24.0 Å². The van der Waals surface area contributed by atoms with Gasteiger partial charge in [0.25, 0.3) is 23.3 Å². The maximum absolute atomic E-state index is 12.9. The highest BCUT2D eigenvalue weighted by Gasteiger charge is 2.56. The quantitative estimate of drug-likeness (QED) is 0.128. The van der Waals surface area contributed by atoms with Crippen molar-refractivity contribution in [3.63, 3.8) is 0 Å². The summed E-state index contributed by atoms with van der Waals surface area (Å²) in [7, 11) is 0. The molecule has 0 unspecified atom stereocenters. The minimum Gasteiger partial charge on any atom is -0.480 e. The normalized spacial score (nSPS) is 28.7. The standard InChI is InChI=1S/C34H36O13/c1-6-7-20(2)8-11-24-28(38)44-33(45-29(24)39)16-18-34(19-17-33)46-30(40)25(31(41)47-34)13-10-21(3)9-12-23-26(36)42-32(5,43-27(23)37)15-14-22(4)35/h6-13,40H,14-19H2,1-5H3/b7-6+,13-10+,20-8+,21-9+,23-12?,24-11?. The van der Waals surface area contributed by atoms with Gasteiger partial charge in [-0.1, -0.05) is 41.5 Å². The van der Waals surface area contributed by atoms with Crippen molar-refractivity contribution in [3.05, 3.63) is 82.4 Å². The minimum atomic E-state index is -1.57. The number of rotatable bonds is 8. The van der Waals surface area contributed by atoms with Gasteiger partial charge in [0.1, 0.15) is 22.5 Å². The second kappa shape index (κ2) is 13.7. The third-order valence-corrected chi connectivity index (χ3v) is 7.74. The Labute approximate surface area is 270 Å². The van der Waals surface area contributed by atoms with Crippen LogP contribution in [-0.2, 0) is 57.2 Å². The molecule has 3 heterocycles. The molecule has 4 rings (SSSR count). The number of aliphatic hydroxyl groups is 1. The fourth-order valence-corrected chi connectivity index (χ4v) is 5.08. The molecule has 1 aliphatic carbocycles. The van der Waals surface area contributed by atoms with Crippen LogP contribution in [0.25, 0.3) is 0 Å². The molecule has 0 bridgehead atoms. The van der Waals surface area contributed by atoms with Crippen LogP contribution in [-0.4, -0.2) is 58.1 Å². The van der Waals surface area contributed by atoms with Gasteiger partial charge in [-0.05, 0) is 45.9 Å². The Hall–Kier alpha value is -5.20. The zero-order chi connectivity index (χ0) is 34.6. The molecule has 0 radical (unpaired) electrons. The van der Waals surface area contributed by atoms with Crippen LogP contribution in [0.4, 0.5) is 0 Å². The highest BCUT2D eigenvalue weighted by atomic mass is 16.8. The number of allylic oxidation sites excluding steroid dienone is 9. The van der Waals surface area contributed by atoms with Gasteiger partial charge in [0.2, 0.25) is 0 Å². The van der Waals surface area contributed by atoms with Crippen molar-refractivity contribution in [2.75, 3.05) is 0 Å². The van der Waals surface area contributed by atoms with Crippen molar-refractivity contribution in [2.24, 2.45) is 0 Å². The third kappa shape index (κ3) is 8.15. The number of aliphatic hydroxyl groups excluding tert-OH is 1. The van der Waals surface area contributed by atoms with Crippen molar-refractivity contribution < 1.29 is 62.3 Å². The van der Waals surface area contributed by atoms with Crippen LogP contribution in [0.3, 0.4) is 0 Å². The average molecular weight is 653 g/mol. The fourth-order valence-electron chi connectivity index (χ4n) is 5.08. The van der Waals surface area contributed by atoms with E-state index >= 15 is 0 Å². The van der Waals surface area contributed by atoms with Crippen molar-refractivity contribution in [3.8, 4) is 0 Å². The number of hydrogen-bond donors (Lipinski definition) is 1. The number of ether oxygens (including phenoxy) is 6. The lowest BCUT2D eigenvalue weighted by atomic mass is 9.87. The number of hydrogen-bond acceptors (Lipinski definition) is 13. The topological polar surface area (TPSA) is 178 Å². The lowest BCUT2D eigenvalue weighted by Gasteiger charge is -2.46. The second-order valence-electron chi connectivity index (χ2n) is 11.7. The molecule has 250 valence electrons. The van der Waals surface area contributed by atoms with Crippen molar-refractivity contribution >= 4 is 35.6 Å². The van der Waals surface area contributed by atoms with Crippen LogP contribution in [0.1, 0.15) is 73.1 Å². The molecule has 3 fully saturated rings. The van der Waals surface area contributed by atoms with Gasteiger partial charge >= 0.3 is 29.8 Å². The predicted octanol–water partition coefficient (Wildman–Crippen LogP) is 4.46. The van der Waals surface area contributed by atoms with Crippen LogP contribution in [0, 0.1) is 0 Å². The summed E-state index contributed by atoms with van der Waals surface area (Å²) >= 11 is 0. The summed E-state index contributed by atoms with van der Waals surface area (Å²) in [6.45, 7) is 8.01. The van der Waals surface area contributed by atoms with E-state index in [4.69, 9.17) is 28.4 Å². The molecule has 13 nitrogen and oxygen atoms in total. The van der Waals surface area contributed by atoms with E-state index in [-0.39, 0.29) is 61.0 Å². The second-order valence-corrected chi connectivity index (χ2v) is 11.7. The summed E-state index contributed by atoms with van der Waals surface area (Å²) in [6, 6.07) is 0. The van der Waals surface area contributed by atoms with E-state index < -0.39 is 53.2 Å². The van der Waals surface area contributed by atoms with E-state index in [2.05, 4.69) is 0 Å². The highest BCUT2D eigenvalue weighted by Crippen LogP contribution is 2.45. The first kappa shape index (κ1) is 34.7. The van der Waals surface area contributed by atoms with Gasteiger partial charge in [0.05, 0.1) is 0 Å². The maximum Gasteiger partial charge on any atom is 0.348 e. The molecule has 0 aromatic carbocycles. The molecular weight excluding hydrogens is 616 g/mol. The largest absolute Gasteiger partial charge is 0.480 e. The molecule has 13 heteroatoms. The summed E-state index contributed by atoms with van der Waals surface area (Å²) in [5, 5.41) is 10.6. The molecule has 2 spiro atoms. The van der Waals surface area contributed by atoms with Crippen LogP contribution in [0.5, 0.6) is 0 Å². The Morgan fingerprint density at radius 1 is 0.702 bits per heavy atom. The molecular formula is C34H36O13. The van der Waals surface area contributed by atoms with Crippen molar-refractivity contribution in [2.45, 2.75) is 90.5 Å². The van der Waals surface area contributed by atoms with Crippen LogP contribution < -0.4 is 0 Å². The first-order chi connectivity index (χ1) is 22.1. The molecule has 2 saturated heterocycles. The molecule has 4 aliphatic rings. The number of ketones is 1. The monoisotopic (exact) mass is 652 g/mol. The number of esters is 5. The summed E-state index contributed by atoms with van der Waals surface area (Å²) in [4.78, 5) is 74.3. The average Bonchev–Trinajstić information content (AvgIpc) is 2.97. The zero-order valence-corrected chi connectivity index (χ0v) is 26.7. The summed E-state index contributed by atoms with van der Waals surface area (Å²) in [5.74, 6) is -9.90. The zero-order valence-electron chi connectivity index (χ0n) is 26.7. The van der Waals surface area contributed by atoms with E-state index in [9.17, 15) is 33.9 Å². The molecule has 1 N–H and O–H groups in total. The minimum absolute atomic E-state index is 0.0261. The Kier molecular flexibility index (Phi) is 10.1. The summed E-state index contributed by atoms with van der Waals surface area (Å²) in [5.41, 5.74) is 0.362. The van der Waals surface area contributed by atoms with E-state index in [0.717, 1.165) is 5.57 Å². The number of Topliss-reactive ketones (excluding diaryl/α,β-unsaturated/α-hetero) is 1. The third-order valence-electron chi connectivity index (χ3n) is 7.74. The summed E-state index contributed by atoms with van der Waals surface area (Å²) < 4.78 is 32.7. The smallest absolute Gasteiger partial charge is 0.348 e. The van der Waals surface area contributed by atoms with Crippen LogP contribution >= 0.6 is 0 Å². The van der Waals surface area contributed by atoms with Gasteiger partial charge in [-0.2, -0.15) is 0 Å². The first-order valence-corrected chi connectivity index (χ1v) is 15.0. The predicted molar refractivity (Wildman–Crippen MR) is 161 cm³/mol. The molecule has 0 aromatic rings. The number of carbonyl (C=O) groups is 6. The lowest BCUT2D eigenvalue weighted by molar-refractivity contribution is -0.297. The fraction of sp³-hybridized carbons (Fsp3) is 0.412. The van der Waals surface area contributed by atoms with Crippen LogP contribution in [0.15, 0.2) is 82.4 Å². The highest BCUT2D eigenvalue weighted by molar-refractivity contribution is 6.16. The number of cyclic esters (lactones) is 2. The molecule has 47 heavy (non-hydrogen) atoms. The Morgan fingerprint density at radius 2 is 1.15 bits per heavy atom. The van der Waals surface area contributed by atoms with Crippen LogP contribution in [0.2, 0.25) is 0 Å². The lowest BCUT2D eigenvalue weighted by Crippen LogP contribution is -2.54. The van der Waals surface area contributed by atoms with Crippen molar-refractivity contribution in [1.29, 1.82) is 0 Å². The van der Waals surface area contributed by atoms with Gasteiger partial charge < -0.3 is 38.3 Å². The van der Waals surface area contributed by atoms with Crippen molar-refractivity contribution in [1.82, 2.24) is 0 Å². The number of carbonyl (C=O) groups excluding carboxylic acids is 6. The first-order valence-electron chi connectivity index (χ1n) is 15.0. The SMILES string of the molecule is C/C=C/C(C)=C/C=C1C(=O)OC2(CCC3(CC2)OC(=O)C(/C=C/C(C)=C/C=C2C(=O)OC(C)(CCC(C)=O)OC2=O)=C(O)O3)OC1=O. The molecule has 0 atom stereocenters. The molecule has 1 saturated carbocycles. The Morgan fingerprint density at radius 3 is 1.62 bits per heavy atom. The van der Waals surface area contributed by atoms with Gasteiger partial charge in [-0.3, -0.25) is 0 Å².